The second-order valence-electron chi connectivity index (χ2n) is 3.00. The van der Waals surface area contributed by atoms with E-state index in [2.05, 4.69) is 16.7 Å². The molecule has 0 fully saturated rings. The van der Waals surface area contributed by atoms with Gasteiger partial charge in [-0.1, -0.05) is 0 Å². The molecule has 13 heavy (non-hydrogen) atoms. The van der Waals surface area contributed by atoms with Crippen molar-refractivity contribution < 1.29 is 0 Å². The van der Waals surface area contributed by atoms with Crippen LogP contribution in [-0.4, -0.2) is 13.6 Å². The number of rotatable bonds is 1. The number of fused-ring (bicyclic) bond motifs is 1. The number of anilines is 1. The van der Waals surface area contributed by atoms with Crippen LogP contribution in [0.4, 0.5) is 5.00 Å². The lowest BCUT2D eigenvalue weighted by atomic mass is 10.1. The Hall–Kier alpha value is -1.05. The molecule has 1 aliphatic rings. The highest BCUT2D eigenvalue weighted by Crippen LogP contribution is 2.34. The quantitative estimate of drug-likeness (QED) is 0.707. The molecule has 0 aromatic carbocycles. The van der Waals surface area contributed by atoms with Crippen molar-refractivity contribution in [2.75, 3.05) is 18.9 Å². The summed E-state index contributed by atoms with van der Waals surface area (Å²) in [6.07, 6.45) is 0.983. The highest BCUT2D eigenvalue weighted by molar-refractivity contribution is 7.16. The average molecular weight is 193 g/mol. The van der Waals surface area contributed by atoms with Crippen LogP contribution in [-0.2, 0) is 13.0 Å². The number of hydrogen-bond donors (Lipinski definition) is 2. The summed E-state index contributed by atoms with van der Waals surface area (Å²) in [7, 11) is 1.87. The van der Waals surface area contributed by atoms with Crippen LogP contribution >= 0.6 is 11.3 Å². The summed E-state index contributed by atoms with van der Waals surface area (Å²) in [6, 6.07) is 2.27. The van der Waals surface area contributed by atoms with Crippen molar-refractivity contribution in [3.05, 3.63) is 16.0 Å². The first-order chi connectivity index (χ1) is 6.36. The molecular weight excluding hydrogens is 182 g/mol. The molecule has 1 aromatic heterocycles. The van der Waals surface area contributed by atoms with Gasteiger partial charge in [0.05, 0.1) is 5.56 Å². The van der Waals surface area contributed by atoms with E-state index in [1.165, 1.54) is 10.4 Å². The minimum absolute atomic E-state index is 0.851. The van der Waals surface area contributed by atoms with Crippen LogP contribution in [0, 0.1) is 11.3 Å². The van der Waals surface area contributed by atoms with E-state index in [-0.39, 0.29) is 0 Å². The van der Waals surface area contributed by atoms with Crippen LogP contribution < -0.4 is 10.6 Å². The lowest BCUT2D eigenvalue weighted by molar-refractivity contribution is 0.654. The Balaban J connectivity index is 2.52. The van der Waals surface area contributed by atoms with Crippen molar-refractivity contribution in [2.24, 2.45) is 0 Å². The first-order valence-corrected chi connectivity index (χ1v) is 5.11. The normalized spacial score (nSPS) is 14.8. The van der Waals surface area contributed by atoms with Crippen LogP contribution in [0.25, 0.3) is 0 Å². The van der Waals surface area contributed by atoms with Gasteiger partial charge >= 0.3 is 0 Å². The van der Waals surface area contributed by atoms with Crippen LogP contribution in [0.1, 0.15) is 16.0 Å². The zero-order chi connectivity index (χ0) is 9.26. The van der Waals surface area contributed by atoms with E-state index in [0.29, 0.717) is 0 Å². The Morgan fingerprint density at radius 2 is 2.46 bits per heavy atom. The fourth-order valence-electron chi connectivity index (χ4n) is 1.63. The maximum absolute atomic E-state index is 8.99. The predicted octanol–water partition coefficient (Wildman–Crippen LogP) is 1.31. The third kappa shape index (κ3) is 1.30. The molecule has 1 aliphatic heterocycles. The van der Waals surface area contributed by atoms with Gasteiger partial charge < -0.3 is 10.6 Å². The highest BCUT2D eigenvalue weighted by Gasteiger charge is 2.19. The maximum Gasteiger partial charge on any atom is 0.107 e. The molecule has 0 spiro atoms. The smallest absolute Gasteiger partial charge is 0.107 e. The summed E-state index contributed by atoms with van der Waals surface area (Å²) in [5.74, 6) is 0. The summed E-state index contributed by atoms with van der Waals surface area (Å²) >= 11 is 1.69. The van der Waals surface area contributed by atoms with Gasteiger partial charge in [0.2, 0.25) is 0 Å². The van der Waals surface area contributed by atoms with E-state index in [4.69, 9.17) is 5.26 Å². The minimum Gasteiger partial charge on any atom is -0.379 e. The van der Waals surface area contributed by atoms with Gasteiger partial charge in [0.15, 0.2) is 0 Å². The van der Waals surface area contributed by atoms with Crippen molar-refractivity contribution >= 4 is 16.3 Å². The van der Waals surface area contributed by atoms with Crippen molar-refractivity contribution in [2.45, 2.75) is 13.0 Å². The molecule has 0 bridgehead atoms. The molecule has 0 aliphatic carbocycles. The Morgan fingerprint density at radius 3 is 3.15 bits per heavy atom. The third-order valence-electron chi connectivity index (χ3n) is 2.27. The Bertz CT molecular complexity index is 362. The van der Waals surface area contributed by atoms with E-state index in [1.807, 2.05) is 7.05 Å². The fraction of sp³-hybridized carbons (Fsp3) is 0.444. The highest BCUT2D eigenvalue weighted by atomic mass is 32.1. The van der Waals surface area contributed by atoms with Gasteiger partial charge in [0, 0.05) is 18.5 Å². The van der Waals surface area contributed by atoms with E-state index in [1.54, 1.807) is 11.3 Å². The molecule has 0 amide bonds. The average Bonchev–Trinajstić information content (AvgIpc) is 2.55. The van der Waals surface area contributed by atoms with E-state index < -0.39 is 0 Å². The molecule has 68 valence electrons. The molecule has 0 atom stereocenters. The summed E-state index contributed by atoms with van der Waals surface area (Å²) in [5.41, 5.74) is 2.10. The Morgan fingerprint density at radius 1 is 1.62 bits per heavy atom. The standard InChI is InChI=1S/C9H11N3S/c1-11-9-7(4-10)6-2-3-12-5-8(6)13-9/h11-12H,2-3,5H2,1H3. The van der Waals surface area contributed by atoms with Gasteiger partial charge in [-0.2, -0.15) is 5.26 Å². The first-order valence-electron chi connectivity index (χ1n) is 4.30. The number of nitrogens with one attached hydrogen (secondary N) is 2. The van der Waals surface area contributed by atoms with Crippen LogP contribution in [0.3, 0.4) is 0 Å². The van der Waals surface area contributed by atoms with E-state index in [0.717, 1.165) is 30.1 Å². The van der Waals surface area contributed by atoms with E-state index >= 15 is 0 Å². The molecule has 0 unspecified atom stereocenters. The van der Waals surface area contributed by atoms with Gasteiger partial charge in [0.25, 0.3) is 0 Å². The van der Waals surface area contributed by atoms with Crippen LogP contribution in [0.15, 0.2) is 0 Å². The molecule has 3 nitrogen and oxygen atoms in total. The van der Waals surface area contributed by atoms with Gasteiger partial charge in [0.1, 0.15) is 11.1 Å². The molecule has 1 aromatic rings. The van der Waals surface area contributed by atoms with E-state index in [9.17, 15) is 0 Å². The van der Waals surface area contributed by atoms with Crippen LogP contribution in [0.5, 0.6) is 0 Å². The molecule has 2 heterocycles. The number of thiophene rings is 1. The Labute approximate surface area is 81.4 Å². The molecule has 2 N–H and O–H groups in total. The summed E-state index contributed by atoms with van der Waals surface area (Å²) in [5, 5.41) is 16.4. The molecule has 2 rings (SSSR count). The summed E-state index contributed by atoms with van der Waals surface area (Å²) in [4.78, 5) is 1.31. The monoisotopic (exact) mass is 193 g/mol. The van der Waals surface area contributed by atoms with Gasteiger partial charge in [-0.05, 0) is 18.5 Å². The molecular formula is C9H11N3S. The number of hydrogen-bond acceptors (Lipinski definition) is 4. The Kier molecular flexibility index (Phi) is 2.21. The lowest BCUT2D eigenvalue weighted by Gasteiger charge is -2.11. The fourth-order valence-corrected chi connectivity index (χ4v) is 2.75. The predicted molar refractivity (Wildman–Crippen MR) is 54.0 cm³/mol. The SMILES string of the molecule is CNc1sc2c(c1C#N)CCNC2. The molecule has 0 radical (unpaired) electrons. The minimum atomic E-state index is 0.851. The molecule has 0 saturated carbocycles. The maximum atomic E-state index is 8.99. The number of nitrogens with zero attached hydrogens (tertiary/aromatic N) is 1. The second kappa shape index (κ2) is 3.36. The van der Waals surface area contributed by atoms with Crippen molar-refractivity contribution in [3.8, 4) is 6.07 Å². The van der Waals surface area contributed by atoms with Gasteiger partial charge in [-0.15, -0.1) is 11.3 Å². The van der Waals surface area contributed by atoms with Crippen molar-refractivity contribution in [1.29, 1.82) is 5.26 Å². The van der Waals surface area contributed by atoms with Gasteiger partial charge in [-0.25, -0.2) is 0 Å². The van der Waals surface area contributed by atoms with Gasteiger partial charge in [-0.3, -0.25) is 0 Å². The zero-order valence-corrected chi connectivity index (χ0v) is 8.29. The summed E-state index contributed by atoms with van der Waals surface area (Å²) < 4.78 is 0. The van der Waals surface area contributed by atoms with Crippen molar-refractivity contribution in [3.63, 3.8) is 0 Å². The number of nitriles is 1. The molecule has 4 heteroatoms. The molecule has 0 saturated heterocycles. The second-order valence-corrected chi connectivity index (χ2v) is 4.10. The van der Waals surface area contributed by atoms with Crippen molar-refractivity contribution in [1.82, 2.24) is 5.32 Å². The lowest BCUT2D eigenvalue weighted by Crippen LogP contribution is -2.22. The first kappa shape index (κ1) is 8.54. The topological polar surface area (TPSA) is 47.9 Å². The van der Waals surface area contributed by atoms with Crippen LogP contribution in [0.2, 0.25) is 0 Å². The largest absolute Gasteiger partial charge is 0.379 e. The zero-order valence-electron chi connectivity index (χ0n) is 7.48. The third-order valence-corrected chi connectivity index (χ3v) is 3.52. The summed E-state index contributed by atoms with van der Waals surface area (Å²) in [6.45, 7) is 1.90.